The number of hydrogen-bond donors (Lipinski definition) is 2. The van der Waals surface area contributed by atoms with Crippen LogP contribution in [0.2, 0.25) is 0 Å². The van der Waals surface area contributed by atoms with Gasteiger partial charge in [-0.25, -0.2) is 0 Å². The van der Waals surface area contributed by atoms with Gasteiger partial charge in [-0.15, -0.1) is 0 Å². The van der Waals surface area contributed by atoms with Crippen LogP contribution in [-0.2, 0) is 17.6 Å². The average molecular weight is 395 g/mol. The Labute approximate surface area is 172 Å². The van der Waals surface area contributed by atoms with Crippen LogP contribution in [0.3, 0.4) is 0 Å². The van der Waals surface area contributed by atoms with Crippen LogP contribution in [0, 0.1) is 0 Å². The van der Waals surface area contributed by atoms with Crippen molar-refractivity contribution < 1.29 is 14.3 Å². The standard InChI is InChI=1S/C24H30N2O3/c1-16(25)18-4-5-20-14-21(9-6-19(20)13-18)26-24(27)17-7-10-22(11-8-17)29-15-23-3-2-12-28-23/h4-5,7-8,10-11,13,16,21,23H,2-3,6,9,12,14-15,25H2,1H3,(H,26,27)/t16-,21?,23-/m0/s1. The van der Waals surface area contributed by atoms with Gasteiger partial charge in [-0.2, -0.15) is 0 Å². The fourth-order valence-electron chi connectivity index (χ4n) is 4.12. The molecule has 5 nitrogen and oxygen atoms in total. The number of aryl methyl sites for hydroxylation is 1. The first-order chi connectivity index (χ1) is 14.1. The van der Waals surface area contributed by atoms with Crippen molar-refractivity contribution in [2.45, 2.75) is 57.2 Å². The minimum atomic E-state index is -0.0312. The van der Waals surface area contributed by atoms with Crippen LogP contribution in [0.4, 0.5) is 0 Å². The topological polar surface area (TPSA) is 73.6 Å². The third-order valence-electron chi connectivity index (χ3n) is 5.90. The van der Waals surface area contributed by atoms with Crippen molar-refractivity contribution in [1.29, 1.82) is 0 Å². The molecule has 1 saturated heterocycles. The number of fused-ring (bicyclic) bond motifs is 1. The Balaban J connectivity index is 1.31. The van der Waals surface area contributed by atoms with E-state index in [2.05, 4.69) is 23.5 Å². The summed E-state index contributed by atoms with van der Waals surface area (Å²) < 4.78 is 11.3. The first kappa shape index (κ1) is 19.9. The van der Waals surface area contributed by atoms with E-state index in [-0.39, 0.29) is 24.1 Å². The minimum Gasteiger partial charge on any atom is -0.491 e. The first-order valence-corrected chi connectivity index (χ1v) is 10.6. The summed E-state index contributed by atoms with van der Waals surface area (Å²) >= 11 is 0. The molecule has 1 amide bonds. The van der Waals surface area contributed by atoms with E-state index in [4.69, 9.17) is 15.2 Å². The van der Waals surface area contributed by atoms with Gasteiger partial charge in [0, 0.05) is 24.3 Å². The normalized spacial score (nSPS) is 22.0. The molecule has 3 atom stereocenters. The number of carbonyl (C=O) groups is 1. The van der Waals surface area contributed by atoms with Gasteiger partial charge in [0.2, 0.25) is 0 Å². The Morgan fingerprint density at radius 2 is 2.03 bits per heavy atom. The van der Waals surface area contributed by atoms with Crippen LogP contribution in [0.1, 0.15) is 59.3 Å². The monoisotopic (exact) mass is 394 g/mol. The summed E-state index contributed by atoms with van der Waals surface area (Å²) in [6, 6.07) is 14.0. The van der Waals surface area contributed by atoms with Crippen molar-refractivity contribution in [3.05, 3.63) is 64.7 Å². The maximum Gasteiger partial charge on any atom is 0.251 e. The highest BCUT2D eigenvalue weighted by Gasteiger charge is 2.21. The van der Waals surface area contributed by atoms with Crippen LogP contribution in [0.15, 0.2) is 42.5 Å². The number of nitrogens with two attached hydrogens (primary N) is 1. The predicted octanol–water partition coefficient (Wildman–Crippen LogP) is 3.55. The first-order valence-electron chi connectivity index (χ1n) is 10.6. The van der Waals surface area contributed by atoms with Gasteiger partial charge in [0.15, 0.2) is 0 Å². The molecular formula is C24H30N2O3. The van der Waals surface area contributed by atoms with Crippen LogP contribution in [-0.4, -0.2) is 31.3 Å². The molecule has 1 aliphatic heterocycles. The van der Waals surface area contributed by atoms with Crippen molar-refractivity contribution in [3.8, 4) is 5.75 Å². The second-order valence-corrected chi connectivity index (χ2v) is 8.20. The van der Waals surface area contributed by atoms with Crippen molar-refractivity contribution in [2.24, 2.45) is 5.73 Å². The quantitative estimate of drug-likeness (QED) is 0.786. The van der Waals surface area contributed by atoms with Gasteiger partial charge in [0.25, 0.3) is 5.91 Å². The second kappa shape index (κ2) is 8.97. The zero-order valence-electron chi connectivity index (χ0n) is 17.0. The van der Waals surface area contributed by atoms with E-state index in [1.165, 1.54) is 16.7 Å². The molecule has 2 aromatic carbocycles. The Morgan fingerprint density at radius 3 is 2.76 bits per heavy atom. The van der Waals surface area contributed by atoms with Gasteiger partial charge < -0.3 is 20.5 Å². The maximum absolute atomic E-state index is 12.7. The molecule has 29 heavy (non-hydrogen) atoms. The van der Waals surface area contributed by atoms with Gasteiger partial charge in [0.05, 0.1) is 6.10 Å². The molecule has 154 valence electrons. The largest absolute Gasteiger partial charge is 0.491 e. The van der Waals surface area contributed by atoms with E-state index in [9.17, 15) is 4.79 Å². The van der Waals surface area contributed by atoms with Crippen LogP contribution < -0.4 is 15.8 Å². The van der Waals surface area contributed by atoms with E-state index >= 15 is 0 Å². The average Bonchev–Trinajstić information content (AvgIpc) is 3.26. The lowest BCUT2D eigenvalue weighted by molar-refractivity contribution is 0.0679. The zero-order chi connectivity index (χ0) is 20.2. The van der Waals surface area contributed by atoms with Crippen molar-refractivity contribution in [3.63, 3.8) is 0 Å². The molecular weight excluding hydrogens is 364 g/mol. The highest BCUT2D eigenvalue weighted by molar-refractivity contribution is 5.94. The van der Waals surface area contributed by atoms with E-state index in [0.717, 1.165) is 44.5 Å². The van der Waals surface area contributed by atoms with Gasteiger partial charge in [-0.3, -0.25) is 4.79 Å². The molecule has 0 saturated carbocycles. The SMILES string of the molecule is C[C@H](N)c1ccc2c(c1)CCC(NC(=O)c1ccc(OC[C@@H]3CCCO3)cc1)C2. The molecule has 1 unspecified atom stereocenters. The lowest BCUT2D eigenvalue weighted by atomic mass is 9.86. The fourth-order valence-corrected chi connectivity index (χ4v) is 4.12. The summed E-state index contributed by atoms with van der Waals surface area (Å²) in [7, 11) is 0. The Hall–Kier alpha value is -2.37. The lowest BCUT2D eigenvalue weighted by Crippen LogP contribution is -2.38. The molecule has 2 aliphatic rings. The number of carbonyl (C=O) groups excluding carboxylic acids is 1. The number of ether oxygens (including phenoxy) is 2. The molecule has 1 fully saturated rings. The summed E-state index contributed by atoms with van der Waals surface area (Å²) in [6.45, 7) is 3.40. The highest BCUT2D eigenvalue weighted by atomic mass is 16.5. The molecule has 0 aromatic heterocycles. The van der Waals surface area contributed by atoms with Gasteiger partial charge in [-0.05, 0) is 80.0 Å². The van der Waals surface area contributed by atoms with Gasteiger partial charge >= 0.3 is 0 Å². The molecule has 0 radical (unpaired) electrons. The predicted molar refractivity (Wildman–Crippen MR) is 113 cm³/mol. The third kappa shape index (κ3) is 4.98. The highest BCUT2D eigenvalue weighted by Crippen LogP contribution is 2.25. The Bertz CT molecular complexity index is 842. The molecule has 2 aromatic rings. The van der Waals surface area contributed by atoms with Crippen LogP contribution in [0.5, 0.6) is 5.75 Å². The van der Waals surface area contributed by atoms with Crippen LogP contribution >= 0.6 is 0 Å². The third-order valence-corrected chi connectivity index (χ3v) is 5.90. The van der Waals surface area contributed by atoms with Crippen molar-refractivity contribution >= 4 is 5.91 Å². The smallest absolute Gasteiger partial charge is 0.251 e. The number of benzene rings is 2. The van der Waals surface area contributed by atoms with E-state index in [1.54, 1.807) is 0 Å². The van der Waals surface area contributed by atoms with Crippen molar-refractivity contribution in [2.75, 3.05) is 13.2 Å². The van der Waals surface area contributed by atoms with E-state index < -0.39 is 0 Å². The summed E-state index contributed by atoms with van der Waals surface area (Å²) in [5.74, 6) is 0.741. The maximum atomic E-state index is 12.7. The zero-order valence-corrected chi connectivity index (χ0v) is 17.0. The molecule has 4 rings (SSSR count). The van der Waals surface area contributed by atoms with E-state index in [1.807, 2.05) is 31.2 Å². The number of rotatable bonds is 6. The Morgan fingerprint density at radius 1 is 1.21 bits per heavy atom. The number of amides is 1. The summed E-state index contributed by atoms with van der Waals surface area (Å²) in [6.07, 6.45) is 5.13. The van der Waals surface area contributed by atoms with Crippen LogP contribution in [0.25, 0.3) is 0 Å². The molecule has 1 heterocycles. The lowest BCUT2D eigenvalue weighted by Gasteiger charge is -2.26. The molecule has 3 N–H and O–H groups in total. The summed E-state index contributed by atoms with van der Waals surface area (Å²) in [4.78, 5) is 12.7. The van der Waals surface area contributed by atoms with Gasteiger partial charge in [0.1, 0.15) is 12.4 Å². The van der Waals surface area contributed by atoms with E-state index in [0.29, 0.717) is 12.2 Å². The molecule has 5 heteroatoms. The minimum absolute atomic E-state index is 0.0312. The molecule has 0 bridgehead atoms. The number of nitrogens with one attached hydrogen (secondary N) is 1. The molecule has 1 aliphatic carbocycles. The molecule has 0 spiro atoms. The second-order valence-electron chi connectivity index (χ2n) is 8.20. The van der Waals surface area contributed by atoms with Crippen molar-refractivity contribution in [1.82, 2.24) is 5.32 Å². The summed E-state index contributed by atoms with van der Waals surface area (Å²) in [5, 5.41) is 3.19. The number of hydrogen-bond acceptors (Lipinski definition) is 4. The summed E-state index contributed by atoms with van der Waals surface area (Å²) in [5.41, 5.74) is 10.5. The Kier molecular flexibility index (Phi) is 6.16. The fraction of sp³-hybridized carbons (Fsp3) is 0.458. The van der Waals surface area contributed by atoms with Gasteiger partial charge in [-0.1, -0.05) is 18.2 Å².